The third-order valence-corrected chi connectivity index (χ3v) is 4.86. The summed E-state index contributed by atoms with van der Waals surface area (Å²) in [5.41, 5.74) is 1.58. The Morgan fingerprint density at radius 1 is 1.25 bits per heavy atom. The quantitative estimate of drug-likeness (QED) is 0.853. The van der Waals surface area contributed by atoms with Gasteiger partial charge in [0.05, 0.1) is 18.3 Å². The maximum atomic E-state index is 12.8. The van der Waals surface area contributed by atoms with Crippen molar-refractivity contribution in [1.29, 1.82) is 0 Å². The first kappa shape index (κ1) is 16.8. The Labute approximate surface area is 142 Å². The summed E-state index contributed by atoms with van der Waals surface area (Å²) in [6.45, 7) is 9.12. The van der Waals surface area contributed by atoms with Gasteiger partial charge in [0.15, 0.2) is 5.78 Å². The normalized spacial score (nSPS) is 22.1. The zero-order chi connectivity index (χ0) is 17.3. The van der Waals surface area contributed by atoms with Crippen LogP contribution >= 0.6 is 0 Å². The maximum Gasteiger partial charge on any atom is 0.219 e. The molecule has 1 aromatic rings. The van der Waals surface area contributed by atoms with E-state index in [1.54, 1.807) is 6.92 Å². The van der Waals surface area contributed by atoms with E-state index in [2.05, 4.69) is 10.2 Å². The number of ether oxygens (including phenoxy) is 1. The molecule has 1 N–H and O–H groups in total. The second kappa shape index (κ2) is 6.81. The zero-order valence-electron chi connectivity index (χ0n) is 14.5. The lowest BCUT2D eigenvalue weighted by Crippen LogP contribution is -2.52. The number of benzene rings is 1. The van der Waals surface area contributed by atoms with Crippen LogP contribution in [0.3, 0.4) is 0 Å². The lowest BCUT2D eigenvalue weighted by atomic mass is 10.0. The number of rotatable bonds is 3. The number of hydrogen-bond acceptors (Lipinski definition) is 5. The molecule has 2 aliphatic heterocycles. The van der Waals surface area contributed by atoms with Crippen LogP contribution in [0, 0.1) is 0 Å². The fourth-order valence-corrected chi connectivity index (χ4v) is 3.27. The molecule has 2 heterocycles. The van der Waals surface area contributed by atoms with Crippen molar-refractivity contribution >= 4 is 17.4 Å². The summed E-state index contributed by atoms with van der Waals surface area (Å²) in [6, 6.07) is 5.39. The molecular formula is C18H25N3O3. The standard InChI is InChI=1S/C18H25N3O3/c1-12-11-19-16-10-15(4-5-17(16)24-12)18(23)13(2)20-6-8-21(9-7-20)14(3)22/h4-5,10,12-13,19H,6-9,11H2,1-3H3. The number of fused-ring (bicyclic) bond motifs is 1. The van der Waals surface area contributed by atoms with Crippen LogP contribution in [0.25, 0.3) is 0 Å². The van der Waals surface area contributed by atoms with Gasteiger partial charge >= 0.3 is 0 Å². The summed E-state index contributed by atoms with van der Waals surface area (Å²) < 4.78 is 5.76. The Kier molecular flexibility index (Phi) is 4.76. The lowest BCUT2D eigenvalue weighted by molar-refractivity contribution is -0.130. The van der Waals surface area contributed by atoms with Crippen LogP contribution in [0.1, 0.15) is 31.1 Å². The second-order valence-corrected chi connectivity index (χ2v) is 6.60. The first-order chi connectivity index (χ1) is 11.5. The van der Waals surface area contributed by atoms with Gasteiger partial charge in [-0.1, -0.05) is 0 Å². The first-order valence-corrected chi connectivity index (χ1v) is 8.54. The number of nitrogens with zero attached hydrogens (tertiary/aromatic N) is 2. The fourth-order valence-electron chi connectivity index (χ4n) is 3.27. The van der Waals surface area contributed by atoms with Crippen LogP contribution in [0.15, 0.2) is 18.2 Å². The molecule has 24 heavy (non-hydrogen) atoms. The molecule has 0 spiro atoms. The minimum Gasteiger partial charge on any atom is -0.487 e. The minimum atomic E-state index is -0.194. The Balaban J connectivity index is 1.67. The van der Waals surface area contributed by atoms with Crippen molar-refractivity contribution in [1.82, 2.24) is 9.80 Å². The smallest absolute Gasteiger partial charge is 0.219 e. The van der Waals surface area contributed by atoms with Gasteiger partial charge in [-0.25, -0.2) is 0 Å². The second-order valence-electron chi connectivity index (χ2n) is 6.60. The molecule has 0 radical (unpaired) electrons. The third kappa shape index (κ3) is 3.38. The van der Waals surface area contributed by atoms with Crippen LogP contribution < -0.4 is 10.1 Å². The van der Waals surface area contributed by atoms with E-state index >= 15 is 0 Å². The fraction of sp³-hybridized carbons (Fsp3) is 0.556. The Hall–Kier alpha value is -2.08. The summed E-state index contributed by atoms with van der Waals surface area (Å²) in [5.74, 6) is 1.01. The topological polar surface area (TPSA) is 61.9 Å². The van der Waals surface area contributed by atoms with Gasteiger partial charge < -0.3 is 15.0 Å². The average Bonchev–Trinajstić information content (AvgIpc) is 2.60. The molecule has 6 heteroatoms. The summed E-state index contributed by atoms with van der Waals surface area (Å²) in [5, 5.41) is 3.31. The van der Waals surface area contributed by atoms with Crippen LogP contribution in [-0.2, 0) is 4.79 Å². The molecule has 3 rings (SSSR count). The van der Waals surface area contributed by atoms with Crippen molar-refractivity contribution < 1.29 is 14.3 Å². The van der Waals surface area contributed by atoms with Crippen LogP contribution in [0.2, 0.25) is 0 Å². The van der Waals surface area contributed by atoms with Crippen molar-refractivity contribution in [3.63, 3.8) is 0 Å². The molecule has 130 valence electrons. The molecule has 0 aliphatic carbocycles. The van der Waals surface area contributed by atoms with E-state index in [1.807, 2.05) is 36.9 Å². The molecule has 1 aromatic carbocycles. The largest absolute Gasteiger partial charge is 0.487 e. The lowest BCUT2D eigenvalue weighted by Gasteiger charge is -2.37. The maximum absolute atomic E-state index is 12.8. The van der Waals surface area contributed by atoms with E-state index in [0.717, 1.165) is 31.1 Å². The predicted octanol–water partition coefficient (Wildman–Crippen LogP) is 1.61. The number of amides is 1. The number of Topliss-reactive ketones (excluding diaryl/α,β-unsaturated/α-hetero) is 1. The van der Waals surface area contributed by atoms with Gasteiger partial charge in [0, 0.05) is 38.7 Å². The molecule has 2 atom stereocenters. The number of anilines is 1. The van der Waals surface area contributed by atoms with Crippen LogP contribution in [0.5, 0.6) is 5.75 Å². The van der Waals surface area contributed by atoms with Gasteiger partial charge in [0.2, 0.25) is 5.91 Å². The van der Waals surface area contributed by atoms with Gasteiger partial charge in [-0.3, -0.25) is 14.5 Å². The number of carbonyl (C=O) groups is 2. The van der Waals surface area contributed by atoms with Crippen molar-refractivity contribution in [2.45, 2.75) is 32.9 Å². The molecule has 2 aliphatic rings. The molecule has 0 aromatic heterocycles. The van der Waals surface area contributed by atoms with E-state index in [4.69, 9.17) is 4.74 Å². The highest BCUT2D eigenvalue weighted by Gasteiger charge is 2.27. The number of piperazine rings is 1. The monoisotopic (exact) mass is 331 g/mol. The van der Waals surface area contributed by atoms with Crippen molar-refractivity contribution in [2.75, 3.05) is 38.0 Å². The van der Waals surface area contributed by atoms with Crippen LogP contribution in [0.4, 0.5) is 5.69 Å². The molecule has 1 fully saturated rings. The Bertz CT molecular complexity index is 638. The molecule has 1 amide bonds. The predicted molar refractivity (Wildman–Crippen MR) is 92.6 cm³/mol. The Morgan fingerprint density at radius 3 is 2.62 bits per heavy atom. The van der Waals surface area contributed by atoms with Crippen molar-refractivity contribution in [3.8, 4) is 5.75 Å². The molecule has 1 saturated heterocycles. The van der Waals surface area contributed by atoms with Crippen molar-refractivity contribution in [3.05, 3.63) is 23.8 Å². The number of ketones is 1. The van der Waals surface area contributed by atoms with Crippen LogP contribution in [-0.4, -0.2) is 66.4 Å². The van der Waals surface area contributed by atoms with Gasteiger partial charge in [0.25, 0.3) is 0 Å². The minimum absolute atomic E-state index is 0.101. The highest BCUT2D eigenvalue weighted by molar-refractivity contribution is 6.01. The van der Waals surface area contributed by atoms with E-state index in [0.29, 0.717) is 18.7 Å². The summed E-state index contributed by atoms with van der Waals surface area (Å²) >= 11 is 0. The average molecular weight is 331 g/mol. The molecular weight excluding hydrogens is 306 g/mol. The van der Waals surface area contributed by atoms with Gasteiger partial charge in [-0.15, -0.1) is 0 Å². The van der Waals surface area contributed by atoms with E-state index in [1.165, 1.54) is 0 Å². The number of hydrogen-bond donors (Lipinski definition) is 1. The third-order valence-electron chi connectivity index (χ3n) is 4.86. The van der Waals surface area contributed by atoms with E-state index < -0.39 is 0 Å². The van der Waals surface area contributed by atoms with E-state index in [9.17, 15) is 9.59 Å². The van der Waals surface area contributed by atoms with Gasteiger partial charge in [-0.05, 0) is 32.0 Å². The van der Waals surface area contributed by atoms with Crippen molar-refractivity contribution in [2.24, 2.45) is 0 Å². The molecule has 0 bridgehead atoms. The number of nitrogens with one attached hydrogen (secondary N) is 1. The Morgan fingerprint density at radius 2 is 1.96 bits per heavy atom. The van der Waals surface area contributed by atoms with E-state index in [-0.39, 0.29) is 23.8 Å². The van der Waals surface area contributed by atoms with Gasteiger partial charge in [-0.2, -0.15) is 0 Å². The number of carbonyl (C=O) groups excluding carboxylic acids is 2. The molecule has 6 nitrogen and oxygen atoms in total. The molecule has 0 saturated carbocycles. The van der Waals surface area contributed by atoms with Gasteiger partial charge in [0.1, 0.15) is 11.9 Å². The summed E-state index contributed by atoms with van der Waals surface area (Å²) in [4.78, 5) is 28.2. The highest BCUT2D eigenvalue weighted by Crippen LogP contribution is 2.30. The summed E-state index contributed by atoms with van der Waals surface area (Å²) in [6.07, 6.45) is 0.135. The molecule has 2 unspecified atom stereocenters. The highest BCUT2D eigenvalue weighted by atomic mass is 16.5. The SMILES string of the molecule is CC(=O)N1CCN(C(C)C(=O)c2ccc3c(c2)NCC(C)O3)CC1. The first-order valence-electron chi connectivity index (χ1n) is 8.54. The summed E-state index contributed by atoms with van der Waals surface area (Å²) in [7, 11) is 0. The zero-order valence-corrected chi connectivity index (χ0v) is 14.5.